The molecule has 0 bridgehead atoms. The third-order valence-electron chi connectivity index (χ3n) is 12.7. The van der Waals surface area contributed by atoms with Crippen molar-refractivity contribution in [1.29, 1.82) is 0 Å². The van der Waals surface area contributed by atoms with Crippen molar-refractivity contribution in [1.82, 2.24) is 34.6 Å². The van der Waals surface area contributed by atoms with Crippen molar-refractivity contribution < 1.29 is 23.9 Å². The Morgan fingerprint density at radius 2 is 1.03 bits per heavy atom. The molecule has 3 aliphatic heterocycles. The summed E-state index contributed by atoms with van der Waals surface area (Å²) in [6.45, 7) is 5.07. The smallest absolute Gasteiger partial charge is 0.253 e. The molecule has 67 heavy (non-hydrogen) atoms. The number of amides is 3. The topological polar surface area (TPSA) is 181 Å². The van der Waals surface area contributed by atoms with E-state index in [1.165, 1.54) is 32.4 Å². The van der Waals surface area contributed by atoms with E-state index in [9.17, 15) is 14.4 Å². The zero-order valence-electron chi connectivity index (χ0n) is 38.1. The van der Waals surface area contributed by atoms with E-state index >= 15 is 0 Å². The van der Waals surface area contributed by atoms with Crippen molar-refractivity contribution >= 4 is 41.0 Å². The molecule has 1 unspecified atom stereocenters. The van der Waals surface area contributed by atoms with E-state index in [1.807, 2.05) is 83.8 Å². The molecular weight excluding hydrogens is 845 g/mol. The van der Waals surface area contributed by atoms with Gasteiger partial charge in [0.15, 0.2) is 0 Å². The van der Waals surface area contributed by atoms with Crippen LogP contribution in [-0.4, -0.2) is 112 Å². The van der Waals surface area contributed by atoms with Gasteiger partial charge in [-0.05, 0) is 123 Å². The predicted molar refractivity (Wildman–Crippen MR) is 260 cm³/mol. The molecule has 0 spiro atoms. The molecule has 15 nitrogen and oxygen atoms in total. The minimum Gasteiger partial charge on any atom is -0.497 e. The number of nitrogens with one attached hydrogen (secondary N) is 2. The number of aromatic nitrogens is 4. The zero-order chi connectivity index (χ0) is 46.5. The summed E-state index contributed by atoms with van der Waals surface area (Å²) in [5, 5.41) is 6.37. The molecule has 3 aliphatic rings. The largest absolute Gasteiger partial charge is 0.497 e. The first-order chi connectivity index (χ1) is 32.7. The first kappa shape index (κ1) is 46.2. The van der Waals surface area contributed by atoms with Crippen LogP contribution in [0.3, 0.4) is 0 Å². The molecule has 0 radical (unpaired) electrons. The van der Waals surface area contributed by atoms with Crippen LogP contribution in [0.1, 0.15) is 65.7 Å². The summed E-state index contributed by atoms with van der Waals surface area (Å²) in [5.41, 5.74) is 12.0. The molecule has 3 saturated heterocycles. The molecule has 1 atom stereocenters. The summed E-state index contributed by atoms with van der Waals surface area (Å²) in [6.07, 6.45) is 14.7. The van der Waals surface area contributed by atoms with Crippen molar-refractivity contribution in [2.24, 2.45) is 11.7 Å². The third kappa shape index (κ3) is 12.1. The van der Waals surface area contributed by atoms with Gasteiger partial charge in [-0.25, -0.2) is 19.9 Å². The zero-order valence-corrected chi connectivity index (χ0v) is 38.1. The van der Waals surface area contributed by atoms with Crippen molar-refractivity contribution in [3.05, 3.63) is 133 Å². The minimum absolute atomic E-state index is 0.0986. The number of hydrogen-bond donors (Lipinski definition) is 3. The van der Waals surface area contributed by atoms with E-state index in [1.54, 1.807) is 62.1 Å². The second-order valence-electron chi connectivity index (χ2n) is 17.1. The highest BCUT2D eigenvalue weighted by atomic mass is 16.5. The Kier molecular flexibility index (Phi) is 15.3. The Labute approximate surface area is 391 Å². The van der Waals surface area contributed by atoms with Crippen LogP contribution in [0.15, 0.2) is 122 Å². The summed E-state index contributed by atoms with van der Waals surface area (Å²) in [7, 11) is 3.28. The summed E-state index contributed by atoms with van der Waals surface area (Å²) < 4.78 is 10.4. The van der Waals surface area contributed by atoms with Gasteiger partial charge in [0.2, 0.25) is 17.8 Å². The Morgan fingerprint density at radius 3 is 1.49 bits per heavy atom. The number of nitrogens with zero attached hydrogens (tertiary/aromatic N) is 7. The Balaban J connectivity index is 0.000000182. The fourth-order valence-electron chi connectivity index (χ4n) is 8.85. The number of nitrogens with two attached hydrogens (primary N) is 1. The number of likely N-dealkylation sites (tertiary alicyclic amines) is 3. The fourth-order valence-corrected chi connectivity index (χ4v) is 8.85. The lowest BCUT2D eigenvalue weighted by Crippen LogP contribution is -2.48. The van der Waals surface area contributed by atoms with E-state index in [-0.39, 0.29) is 23.6 Å². The van der Waals surface area contributed by atoms with Crippen molar-refractivity contribution in [2.45, 2.75) is 51.0 Å². The molecule has 0 saturated carbocycles. The number of hydrogen-bond acceptors (Lipinski definition) is 12. The van der Waals surface area contributed by atoms with Crippen molar-refractivity contribution in [3.8, 4) is 33.8 Å². The molecule has 3 amide bonds. The summed E-state index contributed by atoms with van der Waals surface area (Å²) >= 11 is 0. The number of anilines is 4. The van der Waals surface area contributed by atoms with Crippen molar-refractivity contribution in [3.63, 3.8) is 0 Å². The minimum atomic E-state index is -0.354. The lowest BCUT2D eigenvalue weighted by atomic mass is 9.97. The van der Waals surface area contributed by atoms with Gasteiger partial charge in [0.05, 0.1) is 20.1 Å². The lowest BCUT2D eigenvalue weighted by molar-refractivity contribution is -0.123. The van der Waals surface area contributed by atoms with Gasteiger partial charge >= 0.3 is 0 Å². The molecule has 5 heterocycles. The molecule has 6 aromatic rings. The second-order valence-corrected chi connectivity index (χ2v) is 17.1. The van der Waals surface area contributed by atoms with Gasteiger partial charge < -0.3 is 40.5 Å². The van der Waals surface area contributed by atoms with Gasteiger partial charge in [-0.2, -0.15) is 0 Å². The van der Waals surface area contributed by atoms with Crippen LogP contribution in [0.25, 0.3) is 22.3 Å². The molecule has 9 rings (SSSR count). The molecule has 2 aromatic heterocycles. The number of rotatable bonds is 12. The normalized spacial score (nSPS) is 16.5. The molecule has 3 fully saturated rings. The first-order valence-corrected chi connectivity index (χ1v) is 23.0. The van der Waals surface area contributed by atoms with Crippen molar-refractivity contribution in [2.75, 3.05) is 64.1 Å². The molecule has 346 valence electrons. The van der Waals surface area contributed by atoms with Gasteiger partial charge in [0, 0.05) is 90.6 Å². The van der Waals surface area contributed by atoms with E-state index in [0.29, 0.717) is 47.8 Å². The maximum absolute atomic E-state index is 13.2. The average molecular weight is 903 g/mol. The van der Waals surface area contributed by atoms with Gasteiger partial charge in [-0.15, -0.1) is 0 Å². The number of primary amides is 1. The van der Waals surface area contributed by atoms with Crippen LogP contribution in [0.2, 0.25) is 0 Å². The second kappa shape index (κ2) is 22.2. The monoisotopic (exact) mass is 902 g/mol. The lowest BCUT2D eigenvalue weighted by Gasteiger charge is -2.40. The molecule has 0 aliphatic carbocycles. The van der Waals surface area contributed by atoms with Crippen LogP contribution >= 0.6 is 0 Å². The standard InChI is InChI=1S/C28H33N5O2.C24H25N5O3/c1-35-26-10-8-21(9-11-26)23-19-29-28(30-20-23)31-24-7-5-6-22(18-24)27(34)33-16-12-25(13-17-33)32-14-3-2-4-15-32;1-32-21-9-7-16(8-10-21)19-13-26-24(27-14-19)28-20-6-2-4-17(12-20)23(31)29-11-3-5-18(15-29)22(25)30/h5-11,18-20,25H,2-4,12-17H2,1H3,(H,29,30,31);2,4,6-10,12-14,18H,3,5,11,15H2,1H3,(H2,25,30)(H,26,27,28). The van der Waals surface area contributed by atoms with E-state index in [2.05, 4.69) is 35.5 Å². The molecular formula is C52H58N10O5. The molecule has 4 aromatic carbocycles. The van der Waals surface area contributed by atoms with Gasteiger partial charge in [-0.3, -0.25) is 14.4 Å². The maximum atomic E-state index is 13.2. The third-order valence-corrected chi connectivity index (χ3v) is 12.7. The van der Waals surface area contributed by atoms with E-state index in [4.69, 9.17) is 15.2 Å². The highest BCUT2D eigenvalue weighted by Gasteiger charge is 2.29. The summed E-state index contributed by atoms with van der Waals surface area (Å²) in [5.74, 6) is 1.87. The first-order valence-electron chi connectivity index (χ1n) is 23.0. The highest BCUT2D eigenvalue weighted by Crippen LogP contribution is 2.27. The molecule has 15 heteroatoms. The summed E-state index contributed by atoms with van der Waals surface area (Å²) in [4.78, 5) is 61.6. The fraction of sp³-hybridized carbons (Fsp3) is 0.327. The average Bonchev–Trinajstić information content (AvgIpc) is 3.39. The number of carbonyl (C=O) groups excluding carboxylic acids is 3. The number of piperidine rings is 3. The van der Waals surface area contributed by atoms with Crippen LogP contribution < -0.4 is 25.8 Å². The maximum Gasteiger partial charge on any atom is 0.253 e. The van der Waals surface area contributed by atoms with Crippen LogP contribution in [0, 0.1) is 5.92 Å². The number of ether oxygens (including phenoxy) is 2. The highest BCUT2D eigenvalue weighted by molar-refractivity contribution is 5.96. The number of carbonyl (C=O) groups is 3. The Bertz CT molecular complexity index is 2580. The van der Waals surface area contributed by atoms with Gasteiger partial charge in [0.1, 0.15) is 11.5 Å². The number of benzene rings is 4. The van der Waals surface area contributed by atoms with Gasteiger partial charge in [0.25, 0.3) is 11.8 Å². The predicted octanol–water partition coefficient (Wildman–Crippen LogP) is 8.22. The van der Waals surface area contributed by atoms with Crippen LogP contribution in [-0.2, 0) is 4.79 Å². The quantitative estimate of drug-likeness (QED) is 0.107. The van der Waals surface area contributed by atoms with E-state index < -0.39 is 0 Å². The van der Waals surface area contributed by atoms with Crippen LogP contribution in [0.4, 0.5) is 23.3 Å². The van der Waals surface area contributed by atoms with E-state index in [0.717, 1.165) is 78.2 Å². The van der Waals surface area contributed by atoms with Crippen LogP contribution in [0.5, 0.6) is 11.5 Å². The summed E-state index contributed by atoms with van der Waals surface area (Å²) in [6, 6.07) is 30.9. The molecule has 4 N–H and O–H groups in total. The van der Waals surface area contributed by atoms with Gasteiger partial charge in [-0.1, -0.05) is 42.8 Å². The Hall–Kier alpha value is -7.39. The Morgan fingerprint density at radius 1 is 0.552 bits per heavy atom. The SMILES string of the molecule is COc1ccc(-c2cnc(Nc3cccc(C(=O)N4CCC(N5CCCCC5)CC4)c3)nc2)cc1.COc1ccc(-c2cnc(Nc3cccc(C(=O)N4CCCC(C(N)=O)C4)c3)nc2)cc1. The number of methoxy groups -OCH3 is 2.